The van der Waals surface area contributed by atoms with Gasteiger partial charge in [0.15, 0.2) is 0 Å². The van der Waals surface area contributed by atoms with Gasteiger partial charge in [-0.25, -0.2) is 0 Å². The van der Waals surface area contributed by atoms with Crippen LogP contribution < -0.4 is 0 Å². The highest BCUT2D eigenvalue weighted by Crippen LogP contribution is 2.47. The van der Waals surface area contributed by atoms with Gasteiger partial charge in [0.05, 0.1) is 34.8 Å². The number of aromatic nitrogens is 1. The molecule has 1 aromatic carbocycles. The van der Waals surface area contributed by atoms with Crippen LogP contribution in [0.1, 0.15) is 43.0 Å². The lowest BCUT2D eigenvalue weighted by atomic mass is 9.84. The van der Waals surface area contributed by atoms with E-state index in [2.05, 4.69) is 4.98 Å². The zero-order valence-electron chi connectivity index (χ0n) is 14.6. The molecule has 0 saturated carbocycles. The molecular weight excluding hydrogens is 383 g/mol. The van der Waals surface area contributed by atoms with Gasteiger partial charge in [-0.3, -0.25) is 4.79 Å². The number of halogens is 4. The second-order valence-electron chi connectivity index (χ2n) is 6.59. The topological polar surface area (TPSA) is 62.3 Å². The van der Waals surface area contributed by atoms with Gasteiger partial charge in [-0.1, -0.05) is 23.8 Å². The number of alkyl halides is 3. The minimum Gasteiger partial charge on any atom is -0.481 e. The van der Waals surface area contributed by atoms with Crippen LogP contribution in [0.5, 0.6) is 0 Å². The predicted octanol–water partition coefficient (Wildman–Crippen LogP) is 5.44. The SMILES string of the molecule is CC=CCCC1(CC(=O)O)OCCc2c1[nH]c1c(Cl)ccc(C(F)(F)F)c21. The normalized spacial score (nSPS) is 20.3. The van der Waals surface area contributed by atoms with Crippen molar-refractivity contribution in [3.05, 3.63) is 46.1 Å². The molecule has 0 radical (unpaired) electrons. The molecule has 2 aromatic rings. The molecule has 2 N–H and O–H groups in total. The first kappa shape index (κ1) is 19.8. The van der Waals surface area contributed by atoms with Gasteiger partial charge in [-0.15, -0.1) is 0 Å². The number of hydrogen-bond acceptors (Lipinski definition) is 2. The van der Waals surface area contributed by atoms with Gasteiger partial charge in [0.25, 0.3) is 0 Å². The summed E-state index contributed by atoms with van der Waals surface area (Å²) in [5, 5.41) is 9.57. The molecule has 0 fully saturated rings. The van der Waals surface area contributed by atoms with E-state index in [4.69, 9.17) is 16.3 Å². The van der Waals surface area contributed by atoms with Gasteiger partial charge < -0.3 is 14.8 Å². The standard InChI is InChI=1S/C19H19ClF3NO3/c1-2-3-4-8-18(10-14(25)26)17-11(7-9-27-18)15-12(19(21,22)23)5-6-13(20)16(15)24-17/h2-3,5-6,24H,4,7-10H2,1H3,(H,25,26). The molecule has 0 saturated heterocycles. The number of aromatic amines is 1. The Balaban J connectivity index is 2.26. The average molecular weight is 402 g/mol. The highest BCUT2D eigenvalue weighted by atomic mass is 35.5. The van der Waals surface area contributed by atoms with Crippen LogP contribution >= 0.6 is 11.6 Å². The molecule has 1 unspecified atom stereocenters. The summed E-state index contributed by atoms with van der Waals surface area (Å²) >= 11 is 6.16. The Morgan fingerprint density at radius 2 is 2.19 bits per heavy atom. The van der Waals surface area contributed by atoms with E-state index in [9.17, 15) is 23.1 Å². The number of H-pyrrole nitrogens is 1. The second kappa shape index (κ2) is 7.20. The van der Waals surface area contributed by atoms with Crippen molar-refractivity contribution in [2.75, 3.05) is 6.61 Å². The first-order valence-corrected chi connectivity index (χ1v) is 8.95. The lowest BCUT2D eigenvalue weighted by molar-refractivity contribution is -0.149. The maximum atomic E-state index is 13.6. The molecule has 1 aliphatic rings. The molecule has 3 rings (SSSR count). The molecule has 27 heavy (non-hydrogen) atoms. The number of allylic oxidation sites excluding steroid dienone is 2. The van der Waals surface area contributed by atoms with Gasteiger partial charge in [-0.2, -0.15) is 13.2 Å². The van der Waals surface area contributed by atoms with Gasteiger partial charge in [0.1, 0.15) is 5.60 Å². The van der Waals surface area contributed by atoms with Crippen LogP contribution in [0.15, 0.2) is 24.3 Å². The van der Waals surface area contributed by atoms with Gasteiger partial charge in [0, 0.05) is 5.39 Å². The van der Waals surface area contributed by atoms with Crippen molar-refractivity contribution in [2.45, 2.75) is 44.4 Å². The molecule has 1 atom stereocenters. The highest BCUT2D eigenvalue weighted by Gasteiger charge is 2.44. The van der Waals surface area contributed by atoms with E-state index in [1.807, 2.05) is 19.1 Å². The van der Waals surface area contributed by atoms with E-state index in [1.54, 1.807) is 0 Å². The van der Waals surface area contributed by atoms with Crippen LogP contribution in [-0.4, -0.2) is 22.7 Å². The number of carboxylic acid groups (broad SMARTS) is 1. The Morgan fingerprint density at radius 3 is 2.81 bits per heavy atom. The molecule has 0 spiro atoms. The molecule has 1 aliphatic heterocycles. The zero-order chi connectivity index (χ0) is 19.8. The van der Waals surface area contributed by atoms with Gasteiger partial charge in [-0.05, 0) is 43.9 Å². The van der Waals surface area contributed by atoms with Crippen molar-refractivity contribution in [3.63, 3.8) is 0 Å². The summed E-state index contributed by atoms with van der Waals surface area (Å²) in [6.45, 7) is 1.99. The van der Waals surface area contributed by atoms with E-state index >= 15 is 0 Å². The quantitative estimate of drug-likeness (QED) is 0.656. The summed E-state index contributed by atoms with van der Waals surface area (Å²) in [4.78, 5) is 14.5. The van der Waals surface area contributed by atoms with Crippen LogP contribution in [0.25, 0.3) is 10.9 Å². The van der Waals surface area contributed by atoms with Gasteiger partial charge >= 0.3 is 12.1 Å². The molecule has 146 valence electrons. The molecule has 4 nitrogen and oxygen atoms in total. The highest BCUT2D eigenvalue weighted by molar-refractivity contribution is 6.35. The predicted molar refractivity (Wildman–Crippen MR) is 95.9 cm³/mol. The Morgan fingerprint density at radius 1 is 1.44 bits per heavy atom. The van der Waals surface area contributed by atoms with Crippen molar-refractivity contribution in [2.24, 2.45) is 0 Å². The summed E-state index contributed by atoms with van der Waals surface area (Å²) in [5.41, 5.74) is -1.01. The number of aliphatic carboxylic acids is 1. The Kier molecular flexibility index (Phi) is 5.27. The van der Waals surface area contributed by atoms with E-state index in [0.29, 0.717) is 24.1 Å². The van der Waals surface area contributed by atoms with Crippen molar-refractivity contribution in [1.29, 1.82) is 0 Å². The minimum atomic E-state index is -4.54. The molecule has 2 heterocycles. The molecule has 1 aromatic heterocycles. The number of nitrogens with one attached hydrogen (secondary N) is 1. The summed E-state index contributed by atoms with van der Waals surface area (Å²) < 4.78 is 46.5. The third-order valence-electron chi connectivity index (χ3n) is 4.89. The zero-order valence-corrected chi connectivity index (χ0v) is 15.4. The Hall–Kier alpha value is -1.99. The van der Waals surface area contributed by atoms with Crippen LogP contribution in [0.4, 0.5) is 13.2 Å². The summed E-state index contributed by atoms with van der Waals surface area (Å²) in [6.07, 6.45) is -0.0501. The smallest absolute Gasteiger partial charge is 0.417 e. The maximum Gasteiger partial charge on any atom is 0.417 e. The summed E-state index contributed by atoms with van der Waals surface area (Å²) in [5.74, 6) is -1.08. The lowest BCUT2D eigenvalue weighted by Gasteiger charge is -2.36. The molecule has 0 aliphatic carbocycles. The molecule has 8 heteroatoms. The summed E-state index contributed by atoms with van der Waals surface area (Å²) in [6, 6.07) is 2.17. The fourth-order valence-electron chi connectivity index (χ4n) is 3.79. The fourth-order valence-corrected chi connectivity index (χ4v) is 3.99. The largest absolute Gasteiger partial charge is 0.481 e. The van der Waals surface area contributed by atoms with Crippen molar-refractivity contribution in [1.82, 2.24) is 4.98 Å². The molecule has 0 amide bonds. The second-order valence-corrected chi connectivity index (χ2v) is 7.00. The van der Waals surface area contributed by atoms with E-state index in [0.717, 1.165) is 6.07 Å². The monoisotopic (exact) mass is 401 g/mol. The van der Waals surface area contributed by atoms with Gasteiger partial charge in [0.2, 0.25) is 0 Å². The number of rotatable bonds is 5. The average Bonchev–Trinajstić information content (AvgIpc) is 2.96. The minimum absolute atomic E-state index is 0.00842. The van der Waals surface area contributed by atoms with E-state index < -0.39 is 23.3 Å². The Bertz CT molecular complexity index is 904. The summed E-state index contributed by atoms with van der Waals surface area (Å²) in [7, 11) is 0. The molecular formula is C19H19ClF3NO3. The number of ether oxygens (including phenoxy) is 1. The Labute approximate surface area is 159 Å². The first-order chi connectivity index (χ1) is 12.7. The van der Waals surface area contributed by atoms with Crippen molar-refractivity contribution < 1.29 is 27.8 Å². The third kappa shape index (κ3) is 3.58. The fraction of sp³-hybridized carbons (Fsp3) is 0.421. The van der Waals surface area contributed by atoms with Crippen LogP contribution in [0.3, 0.4) is 0 Å². The number of carboxylic acids is 1. The number of benzene rings is 1. The number of hydrogen-bond donors (Lipinski definition) is 2. The van der Waals surface area contributed by atoms with Crippen molar-refractivity contribution in [3.8, 4) is 0 Å². The van der Waals surface area contributed by atoms with Crippen LogP contribution in [0.2, 0.25) is 5.02 Å². The number of carbonyl (C=O) groups is 1. The first-order valence-electron chi connectivity index (χ1n) is 8.57. The molecule has 0 bridgehead atoms. The van der Waals surface area contributed by atoms with Crippen molar-refractivity contribution >= 4 is 28.5 Å². The third-order valence-corrected chi connectivity index (χ3v) is 5.20. The van der Waals surface area contributed by atoms with Crippen LogP contribution in [0, 0.1) is 0 Å². The maximum absolute atomic E-state index is 13.6. The van der Waals surface area contributed by atoms with E-state index in [1.165, 1.54) is 6.07 Å². The lowest BCUT2D eigenvalue weighted by Crippen LogP contribution is -2.38. The number of fused-ring (bicyclic) bond motifs is 3. The van der Waals surface area contributed by atoms with Crippen LogP contribution in [-0.2, 0) is 27.7 Å². The van der Waals surface area contributed by atoms with E-state index in [-0.39, 0.29) is 35.4 Å².